The van der Waals surface area contributed by atoms with Crippen LogP contribution in [-0.2, 0) is 9.59 Å². The van der Waals surface area contributed by atoms with Crippen LogP contribution in [0.15, 0.2) is 12.2 Å². The second-order valence-corrected chi connectivity index (χ2v) is 5.24. The topological polar surface area (TPSA) is 74.6 Å². The number of hydrogen-bond acceptors (Lipinski definition) is 2. The fraction of sp³-hybridized carbons (Fsp3) is 0.667. The van der Waals surface area contributed by atoms with Crippen molar-refractivity contribution in [2.75, 3.05) is 0 Å². The van der Waals surface area contributed by atoms with E-state index in [0.29, 0.717) is 25.7 Å². The third-order valence-corrected chi connectivity index (χ3v) is 5.05. The smallest absolute Gasteiger partial charge is 0.311 e. The van der Waals surface area contributed by atoms with Gasteiger partial charge in [0, 0.05) is 0 Å². The lowest BCUT2D eigenvalue weighted by atomic mass is 9.60. The summed E-state index contributed by atoms with van der Waals surface area (Å²) in [6.45, 7) is 0. The van der Waals surface area contributed by atoms with Crippen molar-refractivity contribution in [3.63, 3.8) is 0 Å². The standard InChI is InChI=1S/C12H14O4/c13-9(14)11-4-1-5-12(11,10(15)16)8-3-2-7(11)6-8/h2-3,7-8H,1,4-6H2,(H,13,14)(H,15,16)/t7-,8+,11+,12-. The highest BCUT2D eigenvalue weighted by atomic mass is 16.4. The van der Waals surface area contributed by atoms with Crippen molar-refractivity contribution >= 4 is 11.9 Å². The number of aliphatic carboxylic acids is 2. The molecule has 0 aromatic heterocycles. The SMILES string of the molecule is O=C(O)[C@]12CCC[C@@]1(C(=O)O)[C@@H]1C=C[C@H]2C1. The molecule has 2 bridgehead atoms. The third kappa shape index (κ3) is 0.730. The van der Waals surface area contributed by atoms with Gasteiger partial charge in [0.15, 0.2) is 0 Å². The summed E-state index contributed by atoms with van der Waals surface area (Å²) < 4.78 is 0. The first-order chi connectivity index (χ1) is 7.55. The van der Waals surface area contributed by atoms with Gasteiger partial charge in [0.2, 0.25) is 0 Å². The Balaban J connectivity index is 2.23. The van der Waals surface area contributed by atoms with Gasteiger partial charge in [-0.3, -0.25) is 9.59 Å². The maximum Gasteiger partial charge on any atom is 0.311 e. The molecule has 2 saturated carbocycles. The average molecular weight is 222 g/mol. The molecule has 0 spiro atoms. The lowest BCUT2D eigenvalue weighted by Gasteiger charge is -2.40. The summed E-state index contributed by atoms with van der Waals surface area (Å²) in [4.78, 5) is 23.2. The number of carboxylic acids is 2. The molecule has 0 saturated heterocycles. The minimum absolute atomic E-state index is 0.0754. The van der Waals surface area contributed by atoms with Gasteiger partial charge in [0.25, 0.3) is 0 Å². The predicted octanol–water partition coefficient (Wildman–Crippen LogP) is 1.52. The molecule has 0 radical (unpaired) electrons. The van der Waals surface area contributed by atoms with Crippen LogP contribution < -0.4 is 0 Å². The quantitative estimate of drug-likeness (QED) is 0.694. The fourth-order valence-corrected chi connectivity index (χ4v) is 4.47. The minimum Gasteiger partial charge on any atom is -0.481 e. The lowest BCUT2D eigenvalue weighted by molar-refractivity contribution is -0.172. The molecule has 4 nitrogen and oxygen atoms in total. The number of carboxylic acid groups (broad SMARTS) is 2. The zero-order chi connectivity index (χ0) is 11.6. The summed E-state index contributed by atoms with van der Waals surface area (Å²) in [6, 6.07) is 0. The van der Waals surface area contributed by atoms with Gasteiger partial charge < -0.3 is 10.2 Å². The summed E-state index contributed by atoms with van der Waals surface area (Å²) in [6.07, 6.45) is 6.29. The summed E-state index contributed by atoms with van der Waals surface area (Å²) >= 11 is 0. The highest BCUT2D eigenvalue weighted by Crippen LogP contribution is 2.71. The van der Waals surface area contributed by atoms with E-state index in [4.69, 9.17) is 0 Å². The molecule has 0 unspecified atom stereocenters. The maximum atomic E-state index is 11.6. The molecular weight excluding hydrogens is 208 g/mol. The lowest BCUT2D eigenvalue weighted by Crippen LogP contribution is -2.51. The summed E-state index contributed by atoms with van der Waals surface area (Å²) in [7, 11) is 0. The summed E-state index contributed by atoms with van der Waals surface area (Å²) in [5, 5.41) is 19.0. The van der Waals surface area contributed by atoms with Crippen molar-refractivity contribution in [3.05, 3.63) is 12.2 Å². The van der Waals surface area contributed by atoms with Crippen LogP contribution in [0.3, 0.4) is 0 Å². The van der Waals surface area contributed by atoms with Crippen molar-refractivity contribution in [1.29, 1.82) is 0 Å². The van der Waals surface area contributed by atoms with Crippen molar-refractivity contribution < 1.29 is 19.8 Å². The van der Waals surface area contributed by atoms with Gasteiger partial charge in [-0.15, -0.1) is 0 Å². The van der Waals surface area contributed by atoms with Crippen LogP contribution in [-0.4, -0.2) is 22.2 Å². The van der Waals surface area contributed by atoms with Crippen molar-refractivity contribution in [3.8, 4) is 0 Å². The van der Waals surface area contributed by atoms with E-state index < -0.39 is 22.8 Å². The number of carbonyl (C=O) groups is 2. The van der Waals surface area contributed by atoms with E-state index in [2.05, 4.69) is 0 Å². The molecule has 2 fully saturated rings. The molecule has 4 heteroatoms. The molecule has 2 N–H and O–H groups in total. The highest BCUT2D eigenvalue weighted by Gasteiger charge is 2.74. The molecule has 0 amide bonds. The molecule has 16 heavy (non-hydrogen) atoms. The predicted molar refractivity (Wildman–Crippen MR) is 54.7 cm³/mol. The van der Waals surface area contributed by atoms with E-state index >= 15 is 0 Å². The largest absolute Gasteiger partial charge is 0.481 e. The normalized spacial score (nSPS) is 48.2. The fourth-order valence-electron chi connectivity index (χ4n) is 4.47. The molecule has 3 aliphatic carbocycles. The van der Waals surface area contributed by atoms with E-state index in [-0.39, 0.29) is 11.8 Å². The van der Waals surface area contributed by atoms with Gasteiger partial charge in [-0.05, 0) is 31.1 Å². The average Bonchev–Trinajstić information content (AvgIpc) is 2.88. The van der Waals surface area contributed by atoms with Crippen molar-refractivity contribution in [2.45, 2.75) is 25.7 Å². The van der Waals surface area contributed by atoms with Crippen LogP contribution in [0, 0.1) is 22.7 Å². The highest BCUT2D eigenvalue weighted by molar-refractivity contribution is 5.90. The Labute approximate surface area is 93.0 Å². The number of hydrogen-bond donors (Lipinski definition) is 2. The van der Waals surface area contributed by atoms with Crippen LogP contribution in [0.25, 0.3) is 0 Å². The van der Waals surface area contributed by atoms with E-state index in [1.807, 2.05) is 12.2 Å². The summed E-state index contributed by atoms with van der Waals surface area (Å²) in [5.74, 6) is -1.98. The molecule has 0 aromatic rings. The molecule has 3 rings (SSSR count). The van der Waals surface area contributed by atoms with Crippen LogP contribution in [0.4, 0.5) is 0 Å². The Morgan fingerprint density at radius 2 is 1.44 bits per heavy atom. The molecule has 0 aliphatic heterocycles. The van der Waals surface area contributed by atoms with Gasteiger partial charge in [-0.2, -0.15) is 0 Å². The Kier molecular flexibility index (Phi) is 1.65. The van der Waals surface area contributed by atoms with Gasteiger partial charge >= 0.3 is 11.9 Å². The number of fused-ring (bicyclic) bond motifs is 5. The van der Waals surface area contributed by atoms with Crippen LogP contribution in [0.2, 0.25) is 0 Å². The molecular formula is C12H14O4. The van der Waals surface area contributed by atoms with E-state index in [9.17, 15) is 19.8 Å². The van der Waals surface area contributed by atoms with Crippen LogP contribution >= 0.6 is 0 Å². The van der Waals surface area contributed by atoms with Crippen LogP contribution in [0.1, 0.15) is 25.7 Å². The monoisotopic (exact) mass is 222 g/mol. The van der Waals surface area contributed by atoms with Gasteiger partial charge in [-0.25, -0.2) is 0 Å². The van der Waals surface area contributed by atoms with E-state index in [1.165, 1.54) is 0 Å². The number of rotatable bonds is 2. The van der Waals surface area contributed by atoms with Crippen molar-refractivity contribution in [2.24, 2.45) is 22.7 Å². The van der Waals surface area contributed by atoms with Gasteiger partial charge in [-0.1, -0.05) is 18.6 Å². The molecule has 86 valence electrons. The first-order valence-corrected chi connectivity index (χ1v) is 5.71. The van der Waals surface area contributed by atoms with E-state index in [1.54, 1.807) is 0 Å². The van der Waals surface area contributed by atoms with E-state index in [0.717, 1.165) is 0 Å². The summed E-state index contributed by atoms with van der Waals surface area (Å²) in [5.41, 5.74) is -2.06. The molecule has 0 aromatic carbocycles. The zero-order valence-electron chi connectivity index (χ0n) is 8.85. The molecule has 4 atom stereocenters. The maximum absolute atomic E-state index is 11.6. The second kappa shape index (κ2) is 2.67. The van der Waals surface area contributed by atoms with Crippen LogP contribution in [0.5, 0.6) is 0 Å². The second-order valence-electron chi connectivity index (χ2n) is 5.24. The number of allylic oxidation sites excluding steroid dienone is 2. The first kappa shape index (κ1) is 9.87. The zero-order valence-corrected chi connectivity index (χ0v) is 8.85. The minimum atomic E-state index is -1.03. The van der Waals surface area contributed by atoms with Gasteiger partial charge in [0.05, 0.1) is 10.8 Å². The Morgan fingerprint density at radius 3 is 1.81 bits per heavy atom. The third-order valence-electron chi connectivity index (χ3n) is 5.05. The van der Waals surface area contributed by atoms with Gasteiger partial charge in [0.1, 0.15) is 0 Å². The van der Waals surface area contributed by atoms with Crippen molar-refractivity contribution in [1.82, 2.24) is 0 Å². The molecule has 0 heterocycles. The molecule has 3 aliphatic rings. The first-order valence-electron chi connectivity index (χ1n) is 5.71. The Morgan fingerprint density at radius 1 is 1.00 bits per heavy atom. The Bertz CT molecular complexity index is 377. The Hall–Kier alpha value is -1.32.